The molecule has 0 saturated heterocycles. The van der Waals surface area contributed by atoms with Crippen molar-refractivity contribution < 1.29 is 14.4 Å². The van der Waals surface area contributed by atoms with E-state index in [0.29, 0.717) is 6.42 Å². The van der Waals surface area contributed by atoms with Crippen LogP contribution in [0.1, 0.15) is 40.0 Å². The molecule has 17 heavy (non-hydrogen) atoms. The van der Waals surface area contributed by atoms with E-state index in [1.54, 1.807) is 10.0 Å². The number of carbonyl (C=O) groups excluding carboxylic acids is 3. The van der Waals surface area contributed by atoms with Gasteiger partial charge in [-0.25, -0.2) is 0 Å². The van der Waals surface area contributed by atoms with Crippen molar-refractivity contribution in [2.75, 3.05) is 0 Å². The number of hydrogen-bond donors (Lipinski definition) is 0. The molecule has 0 aliphatic heterocycles. The Bertz CT molecular complexity index is 270. The first-order valence-corrected chi connectivity index (χ1v) is 6.86. The van der Waals surface area contributed by atoms with Crippen LogP contribution in [-0.2, 0) is 14.4 Å². The van der Waals surface area contributed by atoms with Crippen LogP contribution in [0.5, 0.6) is 0 Å². The summed E-state index contributed by atoms with van der Waals surface area (Å²) in [7, 11) is 0. The van der Waals surface area contributed by atoms with Crippen LogP contribution in [-0.4, -0.2) is 27.6 Å². The summed E-state index contributed by atoms with van der Waals surface area (Å²) >= 11 is 1.96. The third-order valence-corrected chi connectivity index (χ3v) is 4.19. The van der Waals surface area contributed by atoms with Gasteiger partial charge in [-0.05, 0) is 5.92 Å². The molecule has 0 aliphatic carbocycles. The lowest BCUT2D eigenvalue weighted by Crippen LogP contribution is -2.43. The van der Waals surface area contributed by atoms with E-state index in [4.69, 9.17) is 0 Å². The summed E-state index contributed by atoms with van der Waals surface area (Å²) in [5.74, 6) is -0.221. The molecule has 0 fully saturated rings. The summed E-state index contributed by atoms with van der Waals surface area (Å²) in [6.45, 7) is 5.80. The molecule has 0 bridgehead atoms. The molecule has 0 heterocycles. The van der Waals surface area contributed by atoms with Crippen molar-refractivity contribution in [2.45, 2.75) is 46.1 Å². The summed E-state index contributed by atoms with van der Waals surface area (Å²) in [6.07, 6.45) is 2.98. The smallest absolute Gasteiger partial charge is 0.231 e. The van der Waals surface area contributed by atoms with Crippen molar-refractivity contribution in [3.63, 3.8) is 0 Å². The largest absolute Gasteiger partial charge is 0.303 e. The molecule has 5 heteroatoms. The van der Waals surface area contributed by atoms with Gasteiger partial charge in [-0.3, -0.25) is 7.91 Å². The highest BCUT2D eigenvalue weighted by Gasteiger charge is 2.32. The van der Waals surface area contributed by atoms with Crippen molar-refractivity contribution in [1.29, 1.82) is 0 Å². The first-order valence-electron chi connectivity index (χ1n) is 5.90. The van der Waals surface area contributed by atoms with Gasteiger partial charge in [0, 0.05) is 18.8 Å². The lowest BCUT2D eigenvalue weighted by Gasteiger charge is -2.33. The van der Waals surface area contributed by atoms with E-state index >= 15 is 0 Å². The number of aldehydes is 2. The summed E-state index contributed by atoms with van der Waals surface area (Å²) < 4.78 is 1.59. The number of nitrogens with zero attached hydrogens (tertiary/aromatic N) is 1. The SMILES string of the molecule is CCC(=O)N(I)[C@H](C(C=O)CC=O)[C@@H](C)CC. The summed E-state index contributed by atoms with van der Waals surface area (Å²) in [5.41, 5.74) is 0. The fraction of sp³-hybridized carbons (Fsp3) is 0.750. The summed E-state index contributed by atoms with van der Waals surface area (Å²) in [4.78, 5) is 33.4. The van der Waals surface area contributed by atoms with Crippen molar-refractivity contribution in [1.82, 2.24) is 3.11 Å². The number of halogens is 1. The Labute approximate surface area is 117 Å². The molecule has 0 spiro atoms. The molecule has 0 rings (SSSR count). The van der Waals surface area contributed by atoms with E-state index in [1.807, 2.05) is 36.7 Å². The van der Waals surface area contributed by atoms with Crippen LogP contribution in [0.15, 0.2) is 0 Å². The molecule has 98 valence electrons. The second-order valence-electron chi connectivity index (χ2n) is 4.14. The van der Waals surface area contributed by atoms with Gasteiger partial charge in [0.2, 0.25) is 5.91 Å². The molecule has 0 aromatic rings. The minimum atomic E-state index is -0.408. The van der Waals surface area contributed by atoms with Gasteiger partial charge in [0.25, 0.3) is 0 Å². The van der Waals surface area contributed by atoms with Gasteiger partial charge in [-0.15, -0.1) is 0 Å². The average molecular weight is 353 g/mol. The standard InChI is InChI=1S/C12H20INO3/c1-4-9(3)12(10(8-16)6-7-15)14(13)11(17)5-2/h7-10,12H,4-6H2,1-3H3/t9-,10?,12-/m0/s1. The van der Waals surface area contributed by atoms with Gasteiger partial charge < -0.3 is 9.59 Å². The molecule has 3 atom stereocenters. The first-order chi connectivity index (χ1) is 8.03. The number of carbonyl (C=O) groups is 3. The van der Waals surface area contributed by atoms with Crippen LogP contribution < -0.4 is 0 Å². The quantitative estimate of drug-likeness (QED) is 0.383. The van der Waals surface area contributed by atoms with Crippen LogP contribution in [0.2, 0.25) is 0 Å². The Morgan fingerprint density at radius 2 is 1.94 bits per heavy atom. The molecule has 0 N–H and O–H groups in total. The number of rotatable bonds is 8. The third-order valence-electron chi connectivity index (χ3n) is 3.01. The topological polar surface area (TPSA) is 54.5 Å². The molecule has 1 unspecified atom stereocenters. The Kier molecular flexibility index (Phi) is 8.37. The van der Waals surface area contributed by atoms with Crippen LogP contribution in [0.25, 0.3) is 0 Å². The fourth-order valence-corrected chi connectivity index (χ4v) is 3.06. The molecule has 0 radical (unpaired) electrons. The minimum Gasteiger partial charge on any atom is -0.303 e. The molecule has 0 aromatic carbocycles. The zero-order valence-electron chi connectivity index (χ0n) is 10.6. The lowest BCUT2D eigenvalue weighted by molar-refractivity contribution is -0.129. The highest BCUT2D eigenvalue weighted by molar-refractivity contribution is 14.1. The number of hydrogen-bond acceptors (Lipinski definition) is 3. The second-order valence-corrected chi connectivity index (χ2v) is 5.18. The molecular formula is C12H20INO3. The van der Waals surface area contributed by atoms with Crippen molar-refractivity contribution >= 4 is 41.3 Å². The average Bonchev–Trinajstić information content (AvgIpc) is 2.36. The normalized spacial score (nSPS) is 15.8. The first kappa shape index (κ1) is 16.5. The maximum absolute atomic E-state index is 11.7. The Hall–Kier alpha value is -0.460. The maximum Gasteiger partial charge on any atom is 0.231 e. The molecular weight excluding hydrogens is 333 g/mol. The van der Waals surface area contributed by atoms with Crippen molar-refractivity contribution in [3.05, 3.63) is 0 Å². The Morgan fingerprint density at radius 1 is 1.35 bits per heavy atom. The maximum atomic E-state index is 11.7. The van der Waals surface area contributed by atoms with Gasteiger partial charge in [-0.2, -0.15) is 0 Å². The Balaban J connectivity index is 5.02. The predicted molar refractivity (Wildman–Crippen MR) is 74.6 cm³/mol. The van der Waals surface area contributed by atoms with Gasteiger partial charge in [0.05, 0.1) is 28.9 Å². The fourth-order valence-electron chi connectivity index (χ4n) is 1.76. The monoisotopic (exact) mass is 353 g/mol. The van der Waals surface area contributed by atoms with E-state index in [0.717, 1.165) is 19.0 Å². The van der Waals surface area contributed by atoms with E-state index in [1.165, 1.54) is 0 Å². The second kappa shape index (κ2) is 8.60. The highest BCUT2D eigenvalue weighted by atomic mass is 127. The molecule has 1 amide bonds. The highest BCUT2D eigenvalue weighted by Crippen LogP contribution is 2.26. The van der Waals surface area contributed by atoms with Gasteiger partial charge in [0.1, 0.15) is 12.6 Å². The zero-order valence-corrected chi connectivity index (χ0v) is 12.7. The molecule has 4 nitrogen and oxygen atoms in total. The van der Waals surface area contributed by atoms with Crippen LogP contribution in [0.3, 0.4) is 0 Å². The summed E-state index contributed by atoms with van der Waals surface area (Å²) in [5, 5.41) is 0. The minimum absolute atomic E-state index is 0.00588. The molecule has 0 aromatic heterocycles. The van der Waals surface area contributed by atoms with Gasteiger partial charge in [-0.1, -0.05) is 27.2 Å². The van der Waals surface area contributed by atoms with E-state index in [-0.39, 0.29) is 24.3 Å². The Morgan fingerprint density at radius 3 is 2.29 bits per heavy atom. The van der Waals surface area contributed by atoms with Gasteiger partial charge in [0.15, 0.2) is 0 Å². The van der Waals surface area contributed by atoms with E-state index in [2.05, 4.69) is 0 Å². The predicted octanol–water partition coefficient (Wildman–Crippen LogP) is 2.39. The van der Waals surface area contributed by atoms with Gasteiger partial charge >= 0.3 is 0 Å². The van der Waals surface area contributed by atoms with E-state index in [9.17, 15) is 14.4 Å². The van der Waals surface area contributed by atoms with Crippen LogP contribution in [0.4, 0.5) is 0 Å². The van der Waals surface area contributed by atoms with Crippen molar-refractivity contribution in [3.8, 4) is 0 Å². The molecule has 0 saturated carbocycles. The zero-order chi connectivity index (χ0) is 13.4. The lowest BCUT2D eigenvalue weighted by atomic mass is 9.86. The number of amides is 1. The molecule has 0 aliphatic rings. The third kappa shape index (κ3) is 4.73. The van der Waals surface area contributed by atoms with Crippen LogP contribution >= 0.6 is 22.9 Å². The summed E-state index contributed by atoms with van der Waals surface area (Å²) in [6, 6.07) is -0.198. The van der Waals surface area contributed by atoms with Crippen LogP contribution in [0, 0.1) is 11.8 Å². The van der Waals surface area contributed by atoms with Crippen molar-refractivity contribution in [2.24, 2.45) is 11.8 Å². The van der Waals surface area contributed by atoms with E-state index < -0.39 is 5.92 Å².